The summed E-state index contributed by atoms with van der Waals surface area (Å²) in [6.45, 7) is 0.247. The minimum absolute atomic E-state index is 0.0208. The first kappa shape index (κ1) is 33.3. The highest BCUT2D eigenvalue weighted by atomic mass is 79.9. The van der Waals surface area contributed by atoms with Gasteiger partial charge in [0, 0.05) is 41.5 Å². The van der Waals surface area contributed by atoms with E-state index in [1.807, 2.05) is 54.6 Å². The molecular formula is C32H36BrCl2N3O4S. The molecule has 11 heteroatoms. The van der Waals surface area contributed by atoms with Crippen LogP contribution < -0.4 is 9.62 Å². The van der Waals surface area contributed by atoms with E-state index >= 15 is 0 Å². The summed E-state index contributed by atoms with van der Waals surface area (Å²) in [4.78, 5) is 29.5. The van der Waals surface area contributed by atoms with Crippen molar-refractivity contribution in [3.05, 3.63) is 98.4 Å². The van der Waals surface area contributed by atoms with E-state index in [-0.39, 0.29) is 54.5 Å². The predicted octanol–water partition coefficient (Wildman–Crippen LogP) is 7.00. The Hall–Kier alpha value is -2.59. The van der Waals surface area contributed by atoms with Crippen LogP contribution in [0.2, 0.25) is 10.0 Å². The number of hydrogen-bond acceptors (Lipinski definition) is 4. The monoisotopic (exact) mass is 707 g/mol. The molecule has 43 heavy (non-hydrogen) atoms. The first-order valence-corrected chi connectivity index (χ1v) is 17.7. The van der Waals surface area contributed by atoms with Crippen molar-refractivity contribution in [3.8, 4) is 0 Å². The van der Waals surface area contributed by atoms with Gasteiger partial charge in [-0.25, -0.2) is 8.42 Å². The summed E-state index contributed by atoms with van der Waals surface area (Å²) in [6.07, 6.45) is 5.69. The molecule has 1 fully saturated rings. The van der Waals surface area contributed by atoms with Crippen LogP contribution in [0.5, 0.6) is 0 Å². The molecule has 1 unspecified atom stereocenters. The molecule has 1 aliphatic rings. The van der Waals surface area contributed by atoms with Gasteiger partial charge in [0.05, 0.1) is 17.0 Å². The van der Waals surface area contributed by atoms with Crippen molar-refractivity contribution in [2.45, 2.75) is 63.6 Å². The Bertz CT molecular complexity index is 1520. The van der Waals surface area contributed by atoms with Crippen LogP contribution in [-0.4, -0.2) is 50.0 Å². The number of nitrogens with one attached hydrogen (secondary N) is 1. The average Bonchev–Trinajstić information content (AvgIpc) is 3.47. The van der Waals surface area contributed by atoms with Gasteiger partial charge in [0.2, 0.25) is 21.8 Å². The molecule has 0 spiro atoms. The Morgan fingerprint density at radius 1 is 0.977 bits per heavy atom. The van der Waals surface area contributed by atoms with Gasteiger partial charge in [0.15, 0.2) is 0 Å². The SMILES string of the molecule is CS(=O)(=O)N(CCCC(=O)N(Cc1cccc(Br)c1)C(Cc1ccccc1)C(=O)NC1CCCC1)c1cc(Cl)ccc1Cl. The topological polar surface area (TPSA) is 86.8 Å². The summed E-state index contributed by atoms with van der Waals surface area (Å²) in [6, 6.07) is 21.3. The highest BCUT2D eigenvalue weighted by Gasteiger charge is 2.32. The van der Waals surface area contributed by atoms with Gasteiger partial charge in [-0.1, -0.05) is 94.4 Å². The van der Waals surface area contributed by atoms with Gasteiger partial charge >= 0.3 is 0 Å². The molecule has 0 bridgehead atoms. The number of amides is 2. The van der Waals surface area contributed by atoms with Crippen LogP contribution in [0.3, 0.4) is 0 Å². The molecule has 3 aromatic rings. The zero-order chi connectivity index (χ0) is 31.0. The summed E-state index contributed by atoms with van der Waals surface area (Å²) in [5.74, 6) is -0.421. The van der Waals surface area contributed by atoms with Crippen LogP contribution in [-0.2, 0) is 32.6 Å². The maximum atomic E-state index is 14.0. The number of nitrogens with zero attached hydrogens (tertiary/aromatic N) is 2. The van der Waals surface area contributed by atoms with E-state index in [1.165, 1.54) is 10.4 Å². The number of carbonyl (C=O) groups is 2. The van der Waals surface area contributed by atoms with E-state index in [2.05, 4.69) is 21.2 Å². The fraction of sp³-hybridized carbons (Fsp3) is 0.375. The lowest BCUT2D eigenvalue weighted by Crippen LogP contribution is -2.52. The quantitative estimate of drug-likeness (QED) is 0.207. The number of carbonyl (C=O) groups excluding carboxylic acids is 2. The normalized spacial score (nSPS) is 14.3. The Morgan fingerprint density at radius 2 is 1.67 bits per heavy atom. The number of rotatable bonds is 13. The molecule has 1 saturated carbocycles. The summed E-state index contributed by atoms with van der Waals surface area (Å²) >= 11 is 16.0. The zero-order valence-corrected chi connectivity index (χ0v) is 27.9. The van der Waals surface area contributed by atoms with Crippen LogP contribution in [0, 0.1) is 0 Å². The molecule has 2 amide bonds. The lowest BCUT2D eigenvalue weighted by molar-refractivity contribution is -0.141. The van der Waals surface area contributed by atoms with Gasteiger partial charge in [-0.2, -0.15) is 0 Å². The van der Waals surface area contributed by atoms with E-state index in [1.54, 1.807) is 17.0 Å². The van der Waals surface area contributed by atoms with Gasteiger partial charge < -0.3 is 10.2 Å². The molecule has 0 radical (unpaired) electrons. The average molecular weight is 710 g/mol. The molecule has 1 aliphatic carbocycles. The number of halogens is 3. The van der Waals surface area contributed by atoms with Gasteiger partial charge in [-0.15, -0.1) is 0 Å². The molecule has 0 saturated heterocycles. The summed E-state index contributed by atoms with van der Waals surface area (Å²) in [5, 5.41) is 3.79. The second-order valence-electron chi connectivity index (χ2n) is 10.9. The van der Waals surface area contributed by atoms with Gasteiger partial charge in [0.1, 0.15) is 6.04 Å². The van der Waals surface area contributed by atoms with E-state index in [9.17, 15) is 18.0 Å². The first-order valence-electron chi connectivity index (χ1n) is 14.3. The van der Waals surface area contributed by atoms with Crippen molar-refractivity contribution in [3.63, 3.8) is 0 Å². The second kappa shape index (κ2) is 15.4. The van der Waals surface area contributed by atoms with Crippen molar-refractivity contribution < 1.29 is 18.0 Å². The minimum atomic E-state index is -3.72. The predicted molar refractivity (Wildman–Crippen MR) is 177 cm³/mol. The van der Waals surface area contributed by atoms with E-state index in [0.29, 0.717) is 11.4 Å². The van der Waals surface area contributed by atoms with Crippen LogP contribution in [0.15, 0.2) is 77.3 Å². The lowest BCUT2D eigenvalue weighted by atomic mass is 10.0. The van der Waals surface area contributed by atoms with Crippen molar-refractivity contribution in [2.24, 2.45) is 0 Å². The fourth-order valence-corrected chi connectivity index (χ4v) is 7.26. The smallest absolute Gasteiger partial charge is 0.243 e. The third-order valence-corrected chi connectivity index (χ3v) is 9.77. The van der Waals surface area contributed by atoms with Crippen molar-refractivity contribution in [1.82, 2.24) is 10.2 Å². The highest BCUT2D eigenvalue weighted by molar-refractivity contribution is 9.10. The van der Waals surface area contributed by atoms with Crippen LogP contribution in [0.1, 0.15) is 49.7 Å². The van der Waals surface area contributed by atoms with Gasteiger partial charge in [-0.3, -0.25) is 13.9 Å². The summed E-state index contributed by atoms with van der Waals surface area (Å²) in [5.41, 5.74) is 2.07. The van der Waals surface area contributed by atoms with Crippen molar-refractivity contribution >= 4 is 66.7 Å². The summed E-state index contributed by atoms with van der Waals surface area (Å²) in [7, 11) is -3.72. The molecule has 230 valence electrons. The van der Waals surface area contributed by atoms with Crippen LogP contribution >= 0.6 is 39.1 Å². The Kier molecular flexibility index (Phi) is 11.9. The minimum Gasteiger partial charge on any atom is -0.352 e. The number of sulfonamides is 1. The number of hydrogen-bond donors (Lipinski definition) is 1. The number of benzene rings is 3. The van der Waals surface area contributed by atoms with Crippen LogP contribution in [0.4, 0.5) is 5.69 Å². The van der Waals surface area contributed by atoms with Crippen LogP contribution in [0.25, 0.3) is 0 Å². The third kappa shape index (κ3) is 9.70. The molecule has 1 N–H and O–H groups in total. The number of anilines is 1. The van der Waals surface area contributed by atoms with Crippen molar-refractivity contribution in [2.75, 3.05) is 17.1 Å². The molecule has 3 aromatic carbocycles. The van der Waals surface area contributed by atoms with Gasteiger partial charge in [0.25, 0.3) is 0 Å². The Balaban J connectivity index is 1.60. The van der Waals surface area contributed by atoms with E-state index in [0.717, 1.165) is 47.5 Å². The molecule has 0 aromatic heterocycles. The highest BCUT2D eigenvalue weighted by Crippen LogP contribution is 2.31. The largest absolute Gasteiger partial charge is 0.352 e. The molecule has 0 heterocycles. The molecule has 0 aliphatic heterocycles. The molecular weight excluding hydrogens is 673 g/mol. The second-order valence-corrected chi connectivity index (χ2v) is 14.5. The first-order chi connectivity index (χ1) is 20.5. The molecule has 4 rings (SSSR count). The standard InChI is InChI=1S/C32H36BrCl2N3O4S/c1-43(41,42)38(29-21-26(34)16-17-28(29)35)18-8-15-31(39)37(22-24-11-7-12-25(33)19-24)30(20-23-9-3-2-4-10-23)32(40)36-27-13-5-6-14-27/h2-4,7,9-12,16-17,19,21,27,30H,5-6,8,13-15,18,20,22H2,1H3,(H,36,40). The summed E-state index contributed by atoms with van der Waals surface area (Å²) < 4.78 is 27.5. The zero-order valence-electron chi connectivity index (χ0n) is 24.0. The third-order valence-electron chi connectivity index (χ3n) is 7.54. The maximum absolute atomic E-state index is 14.0. The van der Waals surface area contributed by atoms with Crippen molar-refractivity contribution in [1.29, 1.82) is 0 Å². The molecule has 1 atom stereocenters. The van der Waals surface area contributed by atoms with E-state index < -0.39 is 16.1 Å². The maximum Gasteiger partial charge on any atom is 0.243 e. The fourth-order valence-electron chi connectivity index (χ4n) is 5.41. The lowest BCUT2D eigenvalue weighted by Gasteiger charge is -2.33. The Labute approximate surface area is 272 Å². The van der Waals surface area contributed by atoms with Gasteiger partial charge in [-0.05, 0) is 60.7 Å². The Morgan fingerprint density at radius 3 is 2.35 bits per heavy atom. The van der Waals surface area contributed by atoms with E-state index in [4.69, 9.17) is 23.2 Å². The molecule has 7 nitrogen and oxygen atoms in total.